The fraction of sp³-hybridized carbons (Fsp3) is 0.667. The Morgan fingerprint density at radius 3 is 2.50 bits per heavy atom. The molecule has 0 spiro atoms. The molecule has 1 fully saturated rings. The number of allylic oxidation sites excluding steroid dienone is 2. The smallest absolute Gasteiger partial charge is 0.309 e. The number of nitrogens with zero attached hydrogens (tertiary/aromatic N) is 1. The Balaban J connectivity index is 2.70. The van der Waals surface area contributed by atoms with Crippen LogP contribution in [0.5, 0.6) is 0 Å². The fourth-order valence-electron chi connectivity index (χ4n) is 2.03. The Bertz CT molecular complexity index is 331. The summed E-state index contributed by atoms with van der Waals surface area (Å²) in [4.78, 5) is 16.1. The molecule has 16 heavy (non-hydrogen) atoms. The van der Waals surface area contributed by atoms with Crippen molar-refractivity contribution in [1.29, 1.82) is 0 Å². The van der Waals surface area contributed by atoms with Crippen LogP contribution in [-0.2, 0) is 14.4 Å². The Morgan fingerprint density at radius 1 is 1.38 bits per heavy atom. The van der Waals surface area contributed by atoms with Gasteiger partial charge in [0.1, 0.15) is 7.11 Å². The maximum atomic E-state index is 11.5. The van der Waals surface area contributed by atoms with Crippen LogP contribution >= 0.6 is 0 Å². The standard InChI is InChI=1S/C12H19NO3/c1-8(7-13-16-5)6-9-10(11(14)15-4)12(9,2)3/h6-7,9-10H,1-5H3/t9-,10+/m1/s1. The average molecular weight is 225 g/mol. The number of rotatable bonds is 4. The molecule has 4 heteroatoms. The van der Waals surface area contributed by atoms with Gasteiger partial charge in [-0.3, -0.25) is 4.79 Å². The van der Waals surface area contributed by atoms with Crippen LogP contribution in [0.2, 0.25) is 0 Å². The van der Waals surface area contributed by atoms with Crippen molar-refractivity contribution in [3.8, 4) is 0 Å². The molecule has 0 saturated heterocycles. The van der Waals surface area contributed by atoms with E-state index in [0.29, 0.717) is 0 Å². The van der Waals surface area contributed by atoms with Crippen LogP contribution in [0.4, 0.5) is 0 Å². The van der Waals surface area contributed by atoms with Crippen LogP contribution in [0, 0.1) is 17.3 Å². The lowest BCUT2D eigenvalue weighted by Gasteiger charge is -1.99. The van der Waals surface area contributed by atoms with Crippen molar-refractivity contribution in [3.05, 3.63) is 11.6 Å². The highest BCUT2D eigenvalue weighted by Gasteiger charge is 2.61. The van der Waals surface area contributed by atoms with Crippen LogP contribution in [0.3, 0.4) is 0 Å². The van der Waals surface area contributed by atoms with E-state index in [4.69, 9.17) is 4.74 Å². The number of ether oxygens (including phenoxy) is 1. The molecule has 4 nitrogen and oxygen atoms in total. The first-order chi connectivity index (χ1) is 7.45. The third-order valence-electron chi connectivity index (χ3n) is 3.17. The van der Waals surface area contributed by atoms with Gasteiger partial charge >= 0.3 is 5.97 Å². The lowest BCUT2D eigenvalue weighted by atomic mass is 10.1. The second-order valence-corrected chi connectivity index (χ2v) is 4.68. The molecule has 1 rings (SSSR count). The normalized spacial score (nSPS) is 27.9. The Labute approximate surface area is 96.3 Å². The van der Waals surface area contributed by atoms with Crippen LogP contribution in [-0.4, -0.2) is 26.4 Å². The minimum atomic E-state index is -0.136. The molecule has 1 saturated carbocycles. The van der Waals surface area contributed by atoms with Gasteiger partial charge in [-0.25, -0.2) is 0 Å². The second-order valence-electron chi connectivity index (χ2n) is 4.68. The van der Waals surface area contributed by atoms with Gasteiger partial charge in [-0.1, -0.05) is 25.1 Å². The molecule has 2 atom stereocenters. The molecular weight excluding hydrogens is 206 g/mol. The number of hydrogen-bond donors (Lipinski definition) is 0. The molecule has 0 aliphatic heterocycles. The summed E-state index contributed by atoms with van der Waals surface area (Å²) in [6, 6.07) is 0. The topological polar surface area (TPSA) is 47.9 Å². The van der Waals surface area contributed by atoms with E-state index >= 15 is 0 Å². The number of esters is 1. The van der Waals surface area contributed by atoms with Gasteiger partial charge in [0.15, 0.2) is 0 Å². The Morgan fingerprint density at radius 2 is 2.00 bits per heavy atom. The summed E-state index contributed by atoms with van der Waals surface area (Å²) in [5.41, 5.74) is 0.973. The molecule has 0 aromatic rings. The third kappa shape index (κ3) is 2.43. The average Bonchev–Trinajstić information content (AvgIpc) is 2.76. The Hall–Kier alpha value is -1.32. The highest BCUT2D eigenvalue weighted by Crippen LogP contribution is 2.59. The highest BCUT2D eigenvalue weighted by molar-refractivity contribution is 5.80. The van der Waals surface area contributed by atoms with Crippen LogP contribution < -0.4 is 0 Å². The highest BCUT2D eigenvalue weighted by atomic mass is 16.6. The molecule has 1 aliphatic carbocycles. The maximum absolute atomic E-state index is 11.5. The van der Waals surface area contributed by atoms with Crippen molar-refractivity contribution in [2.24, 2.45) is 22.4 Å². The molecule has 0 amide bonds. The van der Waals surface area contributed by atoms with Gasteiger partial charge in [-0.15, -0.1) is 0 Å². The van der Waals surface area contributed by atoms with Crippen LogP contribution in [0.25, 0.3) is 0 Å². The SMILES string of the molecule is CON=CC(C)=C[C@@H]1[C@@H](C(=O)OC)C1(C)C. The van der Waals surface area contributed by atoms with Gasteiger partial charge in [0.05, 0.1) is 19.2 Å². The van der Waals surface area contributed by atoms with Crippen LogP contribution in [0.15, 0.2) is 16.8 Å². The molecule has 0 bridgehead atoms. The second kappa shape index (κ2) is 4.68. The zero-order chi connectivity index (χ0) is 12.3. The van der Waals surface area contributed by atoms with Crippen molar-refractivity contribution < 1.29 is 14.4 Å². The summed E-state index contributed by atoms with van der Waals surface area (Å²) in [7, 11) is 2.93. The Kier molecular flexibility index (Phi) is 3.73. The summed E-state index contributed by atoms with van der Waals surface area (Å²) in [6.45, 7) is 6.07. The minimum absolute atomic E-state index is 0.0186. The van der Waals surface area contributed by atoms with Gasteiger partial charge in [-0.2, -0.15) is 0 Å². The van der Waals surface area contributed by atoms with E-state index in [1.165, 1.54) is 14.2 Å². The van der Waals surface area contributed by atoms with E-state index in [2.05, 4.69) is 23.8 Å². The van der Waals surface area contributed by atoms with Crippen molar-refractivity contribution >= 4 is 12.2 Å². The van der Waals surface area contributed by atoms with E-state index < -0.39 is 0 Å². The van der Waals surface area contributed by atoms with Gasteiger partial charge in [0, 0.05) is 0 Å². The molecule has 90 valence electrons. The summed E-state index contributed by atoms with van der Waals surface area (Å²) < 4.78 is 4.78. The fourth-order valence-corrected chi connectivity index (χ4v) is 2.03. The van der Waals surface area contributed by atoms with Crippen molar-refractivity contribution in [2.75, 3.05) is 14.2 Å². The zero-order valence-corrected chi connectivity index (χ0v) is 10.5. The van der Waals surface area contributed by atoms with Crippen LogP contribution in [0.1, 0.15) is 20.8 Å². The summed E-state index contributed by atoms with van der Waals surface area (Å²) >= 11 is 0. The van der Waals surface area contributed by atoms with E-state index in [0.717, 1.165) is 5.57 Å². The number of oxime groups is 1. The first-order valence-electron chi connectivity index (χ1n) is 5.28. The minimum Gasteiger partial charge on any atom is -0.469 e. The molecular formula is C12H19NO3. The third-order valence-corrected chi connectivity index (χ3v) is 3.17. The number of carbonyl (C=O) groups excluding carboxylic acids is 1. The molecule has 0 aromatic heterocycles. The lowest BCUT2D eigenvalue weighted by Crippen LogP contribution is -2.07. The predicted octanol–water partition coefficient (Wildman–Crippen LogP) is 2.01. The summed E-state index contributed by atoms with van der Waals surface area (Å²) in [5, 5.41) is 3.68. The zero-order valence-electron chi connectivity index (χ0n) is 10.5. The molecule has 0 heterocycles. The molecule has 0 N–H and O–H groups in total. The van der Waals surface area contributed by atoms with Crippen molar-refractivity contribution in [2.45, 2.75) is 20.8 Å². The molecule has 1 aliphatic rings. The van der Waals surface area contributed by atoms with Gasteiger partial charge in [0.25, 0.3) is 0 Å². The van der Waals surface area contributed by atoms with E-state index in [9.17, 15) is 4.79 Å². The van der Waals surface area contributed by atoms with Crippen molar-refractivity contribution in [1.82, 2.24) is 0 Å². The van der Waals surface area contributed by atoms with Gasteiger partial charge < -0.3 is 9.57 Å². The van der Waals surface area contributed by atoms with E-state index in [-0.39, 0.29) is 23.2 Å². The summed E-state index contributed by atoms with van der Waals surface area (Å²) in [5.74, 6) is 0.0504. The molecule has 0 unspecified atom stereocenters. The van der Waals surface area contributed by atoms with E-state index in [1.54, 1.807) is 6.21 Å². The number of carbonyl (C=O) groups is 1. The number of hydrogen-bond acceptors (Lipinski definition) is 4. The largest absolute Gasteiger partial charge is 0.469 e. The first kappa shape index (κ1) is 12.7. The molecule has 0 aromatic carbocycles. The van der Waals surface area contributed by atoms with Gasteiger partial charge in [-0.05, 0) is 23.8 Å². The first-order valence-corrected chi connectivity index (χ1v) is 5.28. The number of methoxy groups -OCH3 is 1. The summed E-state index contributed by atoms with van der Waals surface area (Å²) in [6.07, 6.45) is 3.69. The van der Waals surface area contributed by atoms with E-state index in [1.807, 2.05) is 13.0 Å². The monoisotopic (exact) mass is 225 g/mol. The maximum Gasteiger partial charge on any atom is 0.309 e. The quantitative estimate of drug-likeness (QED) is 0.418. The molecule has 0 radical (unpaired) electrons. The van der Waals surface area contributed by atoms with Crippen molar-refractivity contribution in [3.63, 3.8) is 0 Å². The lowest BCUT2D eigenvalue weighted by molar-refractivity contribution is -0.143. The predicted molar refractivity (Wildman–Crippen MR) is 62.0 cm³/mol. The van der Waals surface area contributed by atoms with Gasteiger partial charge in [0.2, 0.25) is 0 Å².